The maximum Gasteiger partial charge on any atom is 0.251 e. The summed E-state index contributed by atoms with van der Waals surface area (Å²) < 4.78 is 1.52. The lowest BCUT2D eigenvalue weighted by atomic mass is 9.69. The number of nitrogens with one attached hydrogen (secondary N) is 2. The number of nitrogens with zero attached hydrogens (tertiary/aromatic N) is 4. The van der Waals surface area contributed by atoms with Crippen molar-refractivity contribution in [2.45, 2.75) is 56.1 Å². The average Bonchev–Trinajstić information content (AvgIpc) is 3.17. The highest BCUT2D eigenvalue weighted by atomic mass is 32.2. The molecule has 0 bridgehead atoms. The van der Waals surface area contributed by atoms with Crippen LogP contribution in [0.3, 0.4) is 0 Å². The lowest BCUT2D eigenvalue weighted by Crippen LogP contribution is -2.41. The molecule has 9 heteroatoms. The molecule has 2 aliphatic carbocycles. The zero-order chi connectivity index (χ0) is 20.9. The van der Waals surface area contributed by atoms with Gasteiger partial charge in [0, 0.05) is 24.3 Å². The highest BCUT2D eigenvalue weighted by molar-refractivity contribution is 7.99. The quantitative estimate of drug-likeness (QED) is 0.686. The van der Waals surface area contributed by atoms with Gasteiger partial charge < -0.3 is 10.6 Å². The van der Waals surface area contributed by atoms with E-state index < -0.39 is 0 Å². The first-order valence-corrected chi connectivity index (χ1v) is 11.6. The maximum atomic E-state index is 12.6. The Kier molecular flexibility index (Phi) is 6.66. The Hall–Kier alpha value is -2.42. The Morgan fingerprint density at radius 2 is 1.87 bits per heavy atom. The third-order valence-corrected chi connectivity index (χ3v) is 7.23. The van der Waals surface area contributed by atoms with E-state index in [9.17, 15) is 9.59 Å². The van der Waals surface area contributed by atoms with Crippen molar-refractivity contribution < 1.29 is 9.59 Å². The molecule has 160 valence electrons. The fourth-order valence-electron chi connectivity index (χ4n) is 4.65. The number of fused-ring (bicyclic) bond motifs is 1. The van der Waals surface area contributed by atoms with Gasteiger partial charge in [0.25, 0.3) is 5.91 Å². The topological polar surface area (TPSA) is 102 Å². The third kappa shape index (κ3) is 5.19. The predicted molar refractivity (Wildman–Crippen MR) is 115 cm³/mol. The van der Waals surface area contributed by atoms with Gasteiger partial charge in [-0.3, -0.25) is 9.59 Å². The van der Waals surface area contributed by atoms with Crippen molar-refractivity contribution in [1.82, 2.24) is 25.5 Å². The van der Waals surface area contributed by atoms with Crippen LogP contribution in [0.1, 0.15) is 55.3 Å². The van der Waals surface area contributed by atoms with Crippen LogP contribution in [0.15, 0.2) is 29.4 Å². The summed E-state index contributed by atoms with van der Waals surface area (Å²) in [5.41, 5.74) is 1.29. The molecule has 1 aromatic carbocycles. The Morgan fingerprint density at radius 3 is 2.60 bits per heavy atom. The van der Waals surface area contributed by atoms with E-state index in [1.165, 1.54) is 48.5 Å². The minimum absolute atomic E-state index is 0.0301. The number of rotatable bonds is 6. The first-order valence-electron chi connectivity index (χ1n) is 10.6. The number of benzene rings is 1. The van der Waals surface area contributed by atoms with Crippen LogP contribution in [0.5, 0.6) is 0 Å². The molecule has 2 saturated carbocycles. The Morgan fingerprint density at radius 1 is 1.10 bits per heavy atom. The minimum atomic E-state index is -0.149. The SMILES string of the molecule is Cn1nnnc1SCC(=O)Nc1ccc(C(=O)N[C@@H]2CC[C@H]3CCCC[C@@H]3C2)cc1. The molecule has 1 aromatic heterocycles. The fourth-order valence-corrected chi connectivity index (χ4v) is 5.30. The number of aryl methyl sites for hydroxylation is 1. The smallest absolute Gasteiger partial charge is 0.251 e. The normalized spacial score (nSPS) is 23.4. The van der Waals surface area contributed by atoms with E-state index in [4.69, 9.17) is 0 Å². The predicted octanol–water partition coefficient (Wildman–Crippen LogP) is 3.03. The van der Waals surface area contributed by atoms with Gasteiger partial charge in [-0.05, 0) is 65.8 Å². The first kappa shape index (κ1) is 20.8. The molecule has 2 N–H and O–H groups in total. The summed E-state index contributed by atoms with van der Waals surface area (Å²) in [6, 6.07) is 7.33. The summed E-state index contributed by atoms with van der Waals surface area (Å²) in [6.45, 7) is 0. The van der Waals surface area contributed by atoms with E-state index in [2.05, 4.69) is 26.2 Å². The first-order chi connectivity index (χ1) is 14.6. The van der Waals surface area contributed by atoms with Crippen LogP contribution in [0.2, 0.25) is 0 Å². The van der Waals surface area contributed by atoms with Crippen LogP contribution in [-0.4, -0.2) is 43.8 Å². The Bertz CT molecular complexity index is 884. The largest absolute Gasteiger partial charge is 0.349 e. The molecule has 2 amide bonds. The van der Waals surface area contributed by atoms with Gasteiger partial charge >= 0.3 is 0 Å². The second-order valence-corrected chi connectivity index (χ2v) is 9.23. The number of aromatic nitrogens is 4. The van der Waals surface area contributed by atoms with Gasteiger partial charge in [-0.25, -0.2) is 4.68 Å². The van der Waals surface area contributed by atoms with Crippen molar-refractivity contribution in [3.05, 3.63) is 29.8 Å². The number of amides is 2. The van der Waals surface area contributed by atoms with E-state index in [1.807, 2.05) is 0 Å². The molecule has 4 rings (SSSR count). The van der Waals surface area contributed by atoms with E-state index in [0.717, 1.165) is 24.7 Å². The molecule has 3 atom stereocenters. The van der Waals surface area contributed by atoms with Gasteiger partial charge in [-0.1, -0.05) is 37.4 Å². The number of hydrogen-bond acceptors (Lipinski definition) is 6. The zero-order valence-corrected chi connectivity index (χ0v) is 18.0. The molecule has 1 heterocycles. The molecular weight excluding hydrogens is 400 g/mol. The Balaban J connectivity index is 1.25. The van der Waals surface area contributed by atoms with Crippen LogP contribution >= 0.6 is 11.8 Å². The molecule has 0 aliphatic heterocycles. The number of hydrogen-bond donors (Lipinski definition) is 2. The summed E-state index contributed by atoms with van der Waals surface area (Å²) in [5.74, 6) is 1.69. The summed E-state index contributed by atoms with van der Waals surface area (Å²) >= 11 is 1.27. The van der Waals surface area contributed by atoms with E-state index in [-0.39, 0.29) is 23.6 Å². The van der Waals surface area contributed by atoms with Crippen LogP contribution in [0.25, 0.3) is 0 Å². The van der Waals surface area contributed by atoms with E-state index in [1.54, 1.807) is 31.3 Å². The van der Waals surface area contributed by atoms with Crippen molar-refractivity contribution in [2.75, 3.05) is 11.1 Å². The summed E-state index contributed by atoms with van der Waals surface area (Å²) in [6.07, 6.45) is 8.83. The van der Waals surface area contributed by atoms with Gasteiger partial charge in [0.05, 0.1) is 5.75 Å². The van der Waals surface area contributed by atoms with Gasteiger partial charge in [0.1, 0.15) is 0 Å². The standard InChI is InChI=1S/C21H28N6O2S/c1-27-21(24-25-26-27)30-13-19(28)22-17-9-7-15(8-10-17)20(29)23-18-11-6-14-4-2-3-5-16(14)12-18/h7-10,14,16,18H,2-6,11-13H2,1H3,(H,22,28)(H,23,29)/t14-,16-,18-/m1/s1. The molecule has 0 radical (unpaired) electrons. The van der Waals surface area contributed by atoms with Crippen molar-refractivity contribution >= 4 is 29.3 Å². The maximum absolute atomic E-state index is 12.6. The molecule has 30 heavy (non-hydrogen) atoms. The number of tetrazole rings is 1. The number of thioether (sulfide) groups is 1. The molecule has 2 aliphatic rings. The lowest BCUT2D eigenvalue weighted by molar-refractivity contribution is -0.113. The Labute approximate surface area is 180 Å². The molecule has 8 nitrogen and oxygen atoms in total. The monoisotopic (exact) mass is 428 g/mol. The number of anilines is 1. The van der Waals surface area contributed by atoms with Crippen molar-refractivity contribution in [3.63, 3.8) is 0 Å². The molecule has 2 aromatic rings. The molecule has 2 fully saturated rings. The minimum Gasteiger partial charge on any atom is -0.349 e. The van der Waals surface area contributed by atoms with Gasteiger partial charge in [-0.2, -0.15) is 0 Å². The molecular formula is C21H28N6O2S. The second-order valence-electron chi connectivity index (χ2n) is 8.29. The van der Waals surface area contributed by atoms with E-state index >= 15 is 0 Å². The third-order valence-electron chi connectivity index (χ3n) is 6.22. The fraction of sp³-hybridized carbons (Fsp3) is 0.571. The van der Waals surface area contributed by atoms with Crippen molar-refractivity contribution in [2.24, 2.45) is 18.9 Å². The second kappa shape index (κ2) is 9.59. The summed E-state index contributed by atoms with van der Waals surface area (Å²) in [4.78, 5) is 24.8. The van der Waals surface area contributed by atoms with Gasteiger partial charge in [0.15, 0.2) is 0 Å². The highest BCUT2D eigenvalue weighted by Gasteiger charge is 2.32. The van der Waals surface area contributed by atoms with Crippen molar-refractivity contribution in [1.29, 1.82) is 0 Å². The molecule has 0 saturated heterocycles. The van der Waals surface area contributed by atoms with Gasteiger partial charge in [0.2, 0.25) is 11.1 Å². The molecule has 0 spiro atoms. The van der Waals surface area contributed by atoms with E-state index in [0.29, 0.717) is 16.4 Å². The van der Waals surface area contributed by atoms with Crippen LogP contribution < -0.4 is 10.6 Å². The van der Waals surface area contributed by atoms with Gasteiger partial charge in [-0.15, -0.1) is 5.10 Å². The number of carbonyl (C=O) groups excluding carboxylic acids is 2. The highest BCUT2D eigenvalue weighted by Crippen LogP contribution is 2.40. The lowest BCUT2D eigenvalue weighted by Gasteiger charge is -2.39. The average molecular weight is 429 g/mol. The summed E-state index contributed by atoms with van der Waals surface area (Å²) in [7, 11) is 1.73. The van der Waals surface area contributed by atoms with Crippen LogP contribution in [0, 0.1) is 11.8 Å². The number of carbonyl (C=O) groups is 2. The molecule has 0 unspecified atom stereocenters. The van der Waals surface area contributed by atoms with Crippen molar-refractivity contribution in [3.8, 4) is 0 Å². The van der Waals surface area contributed by atoms with Crippen LogP contribution in [0.4, 0.5) is 5.69 Å². The summed E-state index contributed by atoms with van der Waals surface area (Å²) in [5, 5.41) is 17.7. The van der Waals surface area contributed by atoms with Crippen LogP contribution in [-0.2, 0) is 11.8 Å². The zero-order valence-electron chi connectivity index (χ0n) is 17.2.